The first-order valence-electron chi connectivity index (χ1n) is 6.80. The molecule has 2 rings (SSSR count). The summed E-state index contributed by atoms with van der Waals surface area (Å²) >= 11 is 0. The summed E-state index contributed by atoms with van der Waals surface area (Å²) in [5.74, 6) is 0. The van der Waals surface area contributed by atoms with E-state index in [-0.39, 0.29) is 0 Å². The third kappa shape index (κ3) is 3.06. The van der Waals surface area contributed by atoms with Crippen LogP contribution in [0.1, 0.15) is 24.0 Å². The maximum Gasteiger partial charge on any atom is 0.101 e. The second kappa shape index (κ2) is 6.05. The molecule has 1 heterocycles. The van der Waals surface area contributed by atoms with E-state index in [1.807, 2.05) is 18.2 Å². The normalized spacial score (nSPS) is 20.0. The first-order chi connectivity index (χ1) is 9.15. The lowest BCUT2D eigenvalue weighted by molar-refractivity contribution is 0.248. The second-order valence-electron chi connectivity index (χ2n) is 5.34. The number of likely N-dealkylation sites (N-methyl/N-ethyl adjacent to an activating group) is 2. The molecule has 1 fully saturated rings. The predicted molar refractivity (Wildman–Crippen MR) is 78.0 cm³/mol. The smallest absolute Gasteiger partial charge is 0.101 e. The Kier molecular flexibility index (Phi) is 4.41. The van der Waals surface area contributed by atoms with E-state index in [0.29, 0.717) is 12.6 Å². The zero-order chi connectivity index (χ0) is 13.8. The summed E-state index contributed by atoms with van der Waals surface area (Å²) in [5.41, 5.74) is 8.37. The van der Waals surface area contributed by atoms with Gasteiger partial charge in [-0.05, 0) is 44.1 Å². The van der Waals surface area contributed by atoms with Crippen LogP contribution >= 0.6 is 0 Å². The van der Waals surface area contributed by atoms with Gasteiger partial charge in [0.1, 0.15) is 6.07 Å². The van der Waals surface area contributed by atoms with Crippen LogP contribution in [-0.4, -0.2) is 38.1 Å². The molecular formula is C15H22N4. The van der Waals surface area contributed by atoms with Gasteiger partial charge in [-0.2, -0.15) is 5.26 Å². The second-order valence-corrected chi connectivity index (χ2v) is 5.34. The fraction of sp³-hybridized carbons (Fsp3) is 0.533. The van der Waals surface area contributed by atoms with E-state index in [1.165, 1.54) is 19.4 Å². The van der Waals surface area contributed by atoms with Crippen molar-refractivity contribution in [1.82, 2.24) is 4.90 Å². The summed E-state index contributed by atoms with van der Waals surface area (Å²) in [5, 5.41) is 9.31. The van der Waals surface area contributed by atoms with Crippen LogP contribution in [0.2, 0.25) is 0 Å². The van der Waals surface area contributed by atoms with Gasteiger partial charge < -0.3 is 15.5 Å². The summed E-state index contributed by atoms with van der Waals surface area (Å²) in [6.45, 7) is 2.70. The molecule has 102 valence electrons. The van der Waals surface area contributed by atoms with E-state index >= 15 is 0 Å². The number of nitriles is 1. The number of hydrogen-bond donors (Lipinski definition) is 1. The number of anilines is 1. The number of nitrogens with two attached hydrogens (primary N) is 1. The van der Waals surface area contributed by atoms with Crippen LogP contribution in [-0.2, 0) is 6.54 Å². The van der Waals surface area contributed by atoms with Crippen LogP contribution in [0, 0.1) is 11.3 Å². The van der Waals surface area contributed by atoms with Gasteiger partial charge in [0.15, 0.2) is 0 Å². The quantitative estimate of drug-likeness (QED) is 0.893. The van der Waals surface area contributed by atoms with Crippen LogP contribution in [0.15, 0.2) is 18.2 Å². The molecule has 1 aromatic rings. The standard InChI is InChI=1S/C15H22N4/c1-18-7-3-4-14(11-18)19(2)15-6-5-12(9-16)8-13(15)10-17/h5-6,8,14H,3-4,7,9,11,16H2,1-2H3. The van der Waals surface area contributed by atoms with Crippen molar-refractivity contribution in [3.63, 3.8) is 0 Å². The Bertz CT molecular complexity index is 478. The van der Waals surface area contributed by atoms with Gasteiger partial charge >= 0.3 is 0 Å². The molecule has 0 spiro atoms. The molecule has 1 aromatic carbocycles. The van der Waals surface area contributed by atoms with E-state index < -0.39 is 0 Å². The fourth-order valence-electron chi connectivity index (χ4n) is 2.76. The average Bonchev–Trinajstić information content (AvgIpc) is 2.45. The van der Waals surface area contributed by atoms with Gasteiger partial charge in [0.2, 0.25) is 0 Å². The Morgan fingerprint density at radius 2 is 2.32 bits per heavy atom. The van der Waals surface area contributed by atoms with Crippen LogP contribution in [0.3, 0.4) is 0 Å². The third-order valence-electron chi connectivity index (χ3n) is 3.94. The minimum atomic E-state index is 0.477. The van der Waals surface area contributed by atoms with Gasteiger partial charge in [-0.15, -0.1) is 0 Å². The topological polar surface area (TPSA) is 56.3 Å². The Morgan fingerprint density at radius 1 is 1.53 bits per heavy atom. The van der Waals surface area contributed by atoms with Gasteiger partial charge in [-0.25, -0.2) is 0 Å². The molecule has 1 atom stereocenters. The summed E-state index contributed by atoms with van der Waals surface area (Å²) in [7, 11) is 4.24. The van der Waals surface area contributed by atoms with Crippen LogP contribution < -0.4 is 10.6 Å². The molecule has 1 aliphatic rings. The molecule has 4 heteroatoms. The number of piperidine rings is 1. The maximum atomic E-state index is 9.31. The monoisotopic (exact) mass is 258 g/mol. The van der Waals surface area contributed by atoms with E-state index in [9.17, 15) is 5.26 Å². The number of nitrogens with zero attached hydrogens (tertiary/aromatic N) is 3. The zero-order valence-electron chi connectivity index (χ0n) is 11.8. The summed E-state index contributed by atoms with van der Waals surface area (Å²) in [6, 6.07) is 8.71. The molecule has 1 aliphatic heterocycles. The third-order valence-corrected chi connectivity index (χ3v) is 3.94. The first-order valence-corrected chi connectivity index (χ1v) is 6.80. The molecule has 0 radical (unpaired) electrons. The highest BCUT2D eigenvalue weighted by Crippen LogP contribution is 2.25. The Hall–Kier alpha value is -1.57. The zero-order valence-corrected chi connectivity index (χ0v) is 11.8. The van der Waals surface area contributed by atoms with Crippen molar-refractivity contribution in [2.24, 2.45) is 5.73 Å². The van der Waals surface area contributed by atoms with Crippen molar-refractivity contribution in [3.8, 4) is 6.07 Å². The van der Waals surface area contributed by atoms with Crippen LogP contribution in [0.5, 0.6) is 0 Å². The van der Waals surface area contributed by atoms with Gasteiger partial charge in [0.05, 0.1) is 11.3 Å². The van der Waals surface area contributed by atoms with Crippen molar-refractivity contribution in [1.29, 1.82) is 5.26 Å². The van der Waals surface area contributed by atoms with Crippen molar-refractivity contribution in [2.45, 2.75) is 25.4 Å². The lowest BCUT2D eigenvalue weighted by Crippen LogP contribution is -2.45. The highest BCUT2D eigenvalue weighted by atomic mass is 15.2. The van der Waals surface area contributed by atoms with Crippen LogP contribution in [0.25, 0.3) is 0 Å². The summed E-state index contributed by atoms with van der Waals surface area (Å²) in [4.78, 5) is 4.60. The maximum absolute atomic E-state index is 9.31. The van der Waals surface area contributed by atoms with E-state index in [2.05, 4.69) is 30.0 Å². The molecule has 19 heavy (non-hydrogen) atoms. The molecule has 1 saturated heterocycles. The van der Waals surface area contributed by atoms with Crippen molar-refractivity contribution in [3.05, 3.63) is 29.3 Å². The number of likely N-dealkylation sites (tertiary alicyclic amines) is 1. The van der Waals surface area contributed by atoms with E-state index in [1.54, 1.807) is 0 Å². The van der Waals surface area contributed by atoms with E-state index in [0.717, 1.165) is 23.4 Å². The van der Waals surface area contributed by atoms with Gasteiger partial charge in [-0.3, -0.25) is 0 Å². The minimum absolute atomic E-state index is 0.477. The Morgan fingerprint density at radius 3 is 2.95 bits per heavy atom. The molecule has 0 aromatic heterocycles. The Labute approximate surface area is 115 Å². The molecule has 0 bridgehead atoms. The average molecular weight is 258 g/mol. The molecule has 0 saturated carbocycles. The fourth-order valence-corrected chi connectivity index (χ4v) is 2.76. The summed E-state index contributed by atoms with van der Waals surface area (Å²) in [6.07, 6.45) is 2.40. The van der Waals surface area contributed by atoms with Crippen molar-refractivity contribution >= 4 is 5.69 Å². The van der Waals surface area contributed by atoms with E-state index in [4.69, 9.17) is 5.73 Å². The van der Waals surface area contributed by atoms with Crippen LogP contribution in [0.4, 0.5) is 5.69 Å². The molecule has 0 amide bonds. The molecule has 4 nitrogen and oxygen atoms in total. The van der Waals surface area contributed by atoms with Crippen molar-refractivity contribution < 1.29 is 0 Å². The highest BCUT2D eigenvalue weighted by Gasteiger charge is 2.22. The number of benzene rings is 1. The Balaban J connectivity index is 2.23. The number of rotatable bonds is 3. The predicted octanol–water partition coefficient (Wildman–Crippen LogP) is 1.55. The van der Waals surface area contributed by atoms with Crippen molar-refractivity contribution in [2.75, 3.05) is 32.1 Å². The minimum Gasteiger partial charge on any atom is -0.369 e. The molecular weight excluding hydrogens is 236 g/mol. The SMILES string of the molecule is CN1CCCC(N(C)c2ccc(CN)cc2C#N)C1. The van der Waals surface area contributed by atoms with Gasteiger partial charge in [0, 0.05) is 26.2 Å². The largest absolute Gasteiger partial charge is 0.369 e. The molecule has 2 N–H and O–H groups in total. The first kappa shape index (κ1) is 13.9. The lowest BCUT2D eigenvalue weighted by Gasteiger charge is -2.37. The number of hydrogen-bond acceptors (Lipinski definition) is 4. The lowest BCUT2D eigenvalue weighted by atomic mass is 10.0. The summed E-state index contributed by atoms with van der Waals surface area (Å²) < 4.78 is 0. The molecule has 1 unspecified atom stereocenters. The highest BCUT2D eigenvalue weighted by molar-refractivity contribution is 5.60. The van der Waals surface area contributed by atoms with Gasteiger partial charge in [0.25, 0.3) is 0 Å². The van der Waals surface area contributed by atoms with Gasteiger partial charge in [-0.1, -0.05) is 6.07 Å². The molecule has 0 aliphatic carbocycles.